The molecule has 0 bridgehead atoms. The number of primary amides is 1. The molecular formula is C11H21N3OS. The van der Waals surface area contributed by atoms with Crippen molar-refractivity contribution in [1.82, 2.24) is 4.90 Å². The number of hydrogen-bond donors (Lipinski definition) is 2. The first-order valence-corrected chi connectivity index (χ1v) is 6.23. The number of carbonyl (C=O) groups excluding carboxylic acids is 1. The van der Waals surface area contributed by atoms with Crippen LogP contribution in [0.2, 0.25) is 0 Å². The van der Waals surface area contributed by atoms with Gasteiger partial charge in [0.15, 0.2) is 0 Å². The normalized spacial score (nSPS) is 18.9. The van der Waals surface area contributed by atoms with Gasteiger partial charge in [0.25, 0.3) is 0 Å². The van der Waals surface area contributed by atoms with E-state index < -0.39 is 0 Å². The first-order valence-electron chi connectivity index (χ1n) is 5.82. The topological polar surface area (TPSA) is 72.3 Å². The molecule has 4 nitrogen and oxygen atoms in total. The Morgan fingerprint density at radius 2 is 2.00 bits per heavy atom. The molecule has 1 atom stereocenters. The summed E-state index contributed by atoms with van der Waals surface area (Å²) in [5, 5.41) is 0. The van der Waals surface area contributed by atoms with Gasteiger partial charge in [0.2, 0.25) is 5.91 Å². The number of nitrogens with two attached hydrogens (primary N) is 2. The molecule has 0 aromatic rings. The minimum absolute atomic E-state index is 0.134. The summed E-state index contributed by atoms with van der Waals surface area (Å²) >= 11 is 4.96. The Hall–Kier alpha value is -0.680. The fourth-order valence-corrected chi connectivity index (χ4v) is 2.33. The van der Waals surface area contributed by atoms with Crippen LogP contribution in [-0.2, 0) is 4.79 Å². The van der Waals surface area contributed by atoms with Gasteiger partial charge in [-0.1, -0.05) is 32.0 Å². The van der Waals surface area contributed by atoms with Crippen molar-refractivity contribution in [2.24, 2.45) is 17.4 Å². The molecule has 1 fully saturated rings. The maximum Gasteiger partial charge on any atom is 0.231 e. The molecule has 4 N–H and O–H groups in total. The molecule has 5 heteroatoms. The summed E-state index contributed by atoms with van der Waals surface area (Å²) in [4.78, 5) is 13.7. The lowest BCUT2D eigenvalue weighted by molar-refractivity contribution is -0.119. The Labute approximate surface area is 102 Å². The van der Waals surface area contributed by atoms with Gasteiger partial charge in [-0.25, -0.2) is 0 Å². The number of nitrogens with zero attached hydrogens (tertiary/aromatic N) is 1. The van der Waals surface area contributed by atoms with Gasteiger partial charge in [-0.05, 0) is 12.8 Å². The highest BCUT2D eigenvalue weighted by Crippen LogP contribution is 2.23. The number of hydrogen-bond acceptors (Lipinski definition) is 3. The third-order valence-corrected chi connectivity index (χ3v) is 3.60. The van der Waals surface area contributed by atoms with E-state index in [9.17, 15) is 4.79 Å². The van der Waals surface area contributed by atoms with Crippen LogP contribution in [0.3, 0.4) is 0 Å². The Morgan fingerprint density at radius 3 is 2.44 bits per heavy atom. The van der Waals surface area contributed by atoms with Crippen molar-refractivity contribution in [2.75, 3.05) is 13.1 Å². The van der Waals surface area contributed by atoms with Crippen molar-refractivity contribution in [1.29, 1.82) is 0 Å². The smallest absolute Gasteiger partial charge is 0.231 e. The molecule has 1 amide bonds. The molecule has 16 heavy (non-hydrogen) atoms. The standard InChI is InChI=1S/C11H21N3OS/c1-8(11(13)16)6-14(7-10(12)15)9-4-2-3-5-9/h8-9H,2-7H2,1H3,(H2,12,15)(H2,13,16). The first-order chi connectivity index (χ1) is 7.50. The van der Waals surface area contributed by atoms with Crippen molar-refractivity contribution in [3.05, 3.63) is 0 Å². The Morgan fingerprint density at radius 1 is 1.44 bits per heavy atom. The fourth-order valence-electron chi connectivity index (χ4n) is 2.25. The van der Waals surface area contributed by atoms with Gasteiger partial charge in [-0.15, -0.1) is 0 Å². The predicted molar refractivity (Wildman–Crippen MR) is 69.0 cm³/mol. The molecule has 0 spiro atoms. The van der Waals surface area contributed by atoms with Crippen molar-refractivity contribution in [2.45, 2.75) is 38.6 Å². The lowest BCUT2D eigenvalue weighted by Gasteiger charge is -2.29. The van der Waals surface area contributed by atoms with Gasteiger partial charge in [0.05, 0.1) is 11.5 Å². The van der Waals surface area contributed by atoms with Crippen LogP contribution in [0.15, 0.2) is 0 Å². The molecule has 0 aliphatic heterocycles. The lowest BCUT2D eigenvalue weighted by Crippen LogP contribution is -2.44. The molecule has 0 aromatic heterocycles. The maximum atomic E-state index is 11.0. The second-order valence-electron chi connectivity index (χ2n) is 4.64. The maximum absolute atomic E-state index is 11.0. The Kier molecular flexibility index (Phi) is 5.15. The van der Waals surface area contributed by atoms with Crippen LogP contribution in [0.1, 0.15) is 32.6 Å². The highest BCUT2D eigenvalue weighted by Gasteiger charge is 2.25. The van der Waals surface area contributed by atoms with Crippen molar-refractivity contribution in [3.8, 4) is 0 Å². The molecule has 1 saturated carbocycles. The van der Waals surface area contributed by atoms with E-state index in [2.05, 4.69) is 4.90 Å². The minimum atomic E-state index is -0.276. The van der Waals surface area contributed by atoms with Crippen LogP contribution in [0.25, 0.3) is 0 Å². The summed E-state index contributed by atoms with van der Waals surface area (Å²) in [6, 6.07) is 0.476. The van der Waals surface area contributed by atoms with Crippen LogP contribution >= 0.6 is 12.2 Å². The number of amides is 1. The predicted octanol–water partition coefficient (Wildman–Crippen LogP) is 0.638. The van der Waals surface area contributed by atoms with Crippen LogP contribution in [0, 0.1) is 5.92 Å². The van der Waals surface area contributed by atoms with Gasteiger partial charge < -0.3 is 11.5 Å². The second kappa shape index (κ2) is 6.15. The molecule has 0 radical (unpaired) electrons. The number of thiocarbonyl (C=S) groups is 1. The third-order valence-electron chi connectivity index (χ3n) is 3.19. The summed E-state index contributed by atoms with van der Waals surface area (Å²) < 4.78 is 0. The Balaban J connectivity index is 2.55. The van der Waals surface area contributed by atoms with Gasteiger partial charge in [-0.2, -0.15) is 0 Å². The second-order valence-corrected chi connectivity index (χ2v) is 5.11. The van der Waals surface area contributed by atoms with Crippen LogP contribution in [0.4, 0.5) is 0 Å². The zero-order chi connectivity index (χ0) is 12.1. The molecule has 1 aliphatic rings. The number of rotatable bonds is 6. The number of carbonyl (C=O) groups is 1. The molecule has 92 valence electrons. The molecule has 1 unspecified atom stereocenters. The van der Waals surface area contributed by atoms with Gasteiger partial charge in [0, 0.05) is 18.5 Å². The molecule has 0 heterocycles. The lowest BCUT2D eigenvalue weighted by atomic mass is 10.1. The van der Waals surface area contributed by atoms with Gasteiger partial charge in [0.1, 0.15) is 0 Å². The quantitative estimate of drug-likeness (QED) is 0.672. The summed E-state index contributed by atoms with van der Waals surface area (Å²) in [6.07, 6.45) is 4.78. The van der Waals surface area contributed by atoms with E-state index in [1.165, 1.54) is 12.8 Å². The van der Waals surface area contributed by atoms with Crippen molar-refractivity contribution >= 4 is 23.1 Å². The van der Waals surface area contributed by atoms with Crippen molar-refractivity contribution < 1.29 is 4.79 Å². The highest BCUT2D eigenvalue weighted by atomic mass is 32.1. The average Bonchev–Trinajstić information content (AvgIpc) is 2.68. The third kappa shape index (κ3) is 4.06. The first kappa shape index (κ1) is 13.4. The van der Waals surface area contributed by atoms with E-state index in [1.54, 1.807) is 0 Å². The van der Waals surface area contributed by atoms with Crippen LogP contribution in [0.5, 0.6) is 0 Å². The summed E-state index contributed by atoms with van der Waals surface area (Å²) in [7, 11) is 0. The van der Waals surface area contributed by atoms with Gasteiger partial charge >= 0.3 is 0 Å². The van der Waals surface area contributed by atoms with E-state index in [-0.39, 0.29) is 11.8 Å². The van der Waals surface area contributed by atoms with Gasteiger partial charge in [-0.3, -0.25) is 9.69 Å². The molecular weight excluding hydrogens is 222 g/mol. The monoisotopic (exact) mass is 243 g/mol. The largest absolute Gasteiger partial charge is 0.393 e. The summed E-state index contributed by atoms with van der Waals surface area (Å²) in [6.45, 7) is 3.05. The molecule has 0 aromatic carbocycles. The summed E-state index contributed by atoms with van der Waals surface area (Å²) in [5.41, 5.74) is 10.9. The molecule has 1 rings (SSSR count). The Bertz CT molecular complexity index is 264. The molecule has 0 saturated heterocycles. The van der Waals surface area contributed by atoms with E-state index >= 15 is 0 Å². The van der Waals surface area contributed by atoms with E-state index in [0.29, 0.717) is 17.6 Å². The molecule has 1 aliphatic carbocycles. The minimum Gasteiger partial charge on any atom is -0.393 e. The highest BCUT2D eigenvalue weighted by molar-refractivity contribution is 7.80. The van der Waals surface area contributed by atoms with Crippen LogP contribution < -0.4 is 11.5 Å². The summed E-state index contributed by atoms with van der Waals surface area (Å²) in [5.74, 6) is -0.142. The zero-order valence-corrected chi connectivity index (χ0v) is 10.6. The average molecular weight is 243 g/mol. The van der Waals surface area contributed by atoms with Crippen molar-refractivity contribution in [3.63, 3.8) is 0 Å². The zero-order valence-electron chi connectivity index (χ0n) is 9.82. The van der Waals surface area contributed by atoms with Crippen LogP contribution in [-0.4, -0.2) is 34.9 Å². The van der Waals surface area contributed by atoms with E-state index in [1.807, 2.05) is 6.92 Å². The van der Waals surface area contributed by atoms with E-state index in [4.69, 9.17) is 23.7 Å². The van der Waals surface area contributed by atoms with E-state index in [0.717, 1.165) is 19.4 Å². The fraction of sp³-hybridized carbons (Fsp3) is 0.818. The SMILES string of the molecule is CC(CN(CC(N)=O)C1CCCC1)C(N)=S.